The third-order valence-corrected chi connectivity index (χ3v) is 3.87. The molecule has 2 N–H and O–H groups in total. The molecule has 4 nitrogen and oxygen atoms in total. The first kappa shape index (κ1) is 25.6. The molecule has 0 aromatic carbocycles. The van der Waals surface area contributed by atoms with Crippen molar-refractivity contribution in [2.45, 2.75) is 90.4 Å². The fourth-order valence-corrected chi connectivity index (χ4v) is 2.55. The van der Waals surface area contributed by atoms with Crippen LogP contribution in [0.3, 0.4) is 0 Å². The molecule has 0 heterocycles. The predicted molar refractivity (Wildman–Crippen MR) is 96.2 cm³/mol. The van der Waals surface area contributed by atoms with Crippen molar-refractivity contribution >= 4 is 63.3 Å². The maximum absolute atomic E-state index is 10.8. The Bertz CT molecular complexity index is 340. The van der Waals surface area contributed by atoms with E-state index in [9.17, 15) is 9.59 Å². The van der Waals surface area contributed by atoms with E-state index in [2.05, 4.69) is 6.92 Å². The first-order chi connectivity index (χ1) is 10.6. The van der Waals surface area contributed by atoms with Crippen molar-refractivity contribution in [3.05, 3.63) is 11.6 Å². The number of hydrogen-bond donors (Lipinski definition) is 2. The zero-order valence-corrected chi connectivity index (χ0v) is 14.0. The van der Waals surface area contributed by atoms with Crippen LogP contribution in [0.5, 0.6) is 0 Å². The van der Waals surface area contributed by atoms with Gasteiger partial charge < -0.3 is 10.2 Å². The summed E-state index contributed by atoms with van der Waals surface area (Å²) in [5, 5.41) is 17.5. The van der Waals surface area contributed by atoms with Crippen molar-refractivity contribution in [2.75, 3.05) is 0 Å². The first-order valence-electron chi connectivity index (χ1n) is 8.74. The topological polar surface area (TPSA) is 74.6 Å². The van der Waals surface area contributed by atoms with Gasteiger partial charge in [0.2, 0.25) is 0 Å². The molecule has 0 aromatic rings. The van der Waals surface area contributed by atoms with Gasteiger partial charge in [-0.1, -0.05) is 77.6 Å². The standard InChI is InChI=1S/C18H32O4.K.H/c1-2-3-4-5-6-7-8-9-10-11-12-13-14-16(18(21)22)15-17(19)20;;/h15H,2-14H2,1H3,(H,19,20)(H,21,22);;/b16-15-;;. The molecule has 0 rings (SSSR count). The molecule has 0 fully saturated rings. The molecule has 23 heavy (non-hydrogen) atoms. The molecule has 0 aromatic heterocycles. The van der Waals surface area contributed by atoms with Gasteiger partial charge in [-0.15, -0.1) is 0 Å². The summed E-state index contributed by atoms with van der Waals surface area (Å²) in [5.74, 6) is -2.30. The van der Waals surface area contributed by atoms with Crippen LogP contribution in [0.4, 0.5) is 0 Å². The number of hydrogen-bond acceptors (Lipinski definition) is 2. The van der Waals surface area contributed by atoms with Gasteiger partial charge in [0, 0.05) is 11.6 Å². The molecule has 0 unspecified atom stereocenters. The second-order valence-corrected chi connectivity index (χ2v) is 5.95. The van der Waals surface area contributed by atoms with E-state index in [0.717, 1.165) is 25.3 Å². The van der Waals surface area contributed by atoms with Gasteiger partial charge in [-0.3, -0.25) is 0 Å². The molecule has 0 amide bonds. The van der Waals surface area contributed by atoms with Crippen LogP contribution in [-0.4, -0.2) is 73.5 Å². The van der Waals surface area contributed by atoms with Crippen LogP contribution < -0.4 is 0 Å². The van der Waals surface area contributed by atoms with E-state index < -0.39 is 11.9 Å². The SMILES string of the molecule is CCCCCCCCCCCCCC/C(=C/C(=O)O)C(=O)O.[KH]. The third kappa shape index (κ3) is 18.5. The second-order valence-electron chi connectivity index (χ2n) is 5.95. The van der Waals surface area contributed by atoms with Crippen LogP contribution in [0.1, 0.15) is 90.4 Å². The quantitative estimate of drug-likeness (QED) is 0.258. The number of unbranched alkanes of at least 4 members (excludes halogenated alkanes) is 11. The normalized spacial score (nSPS) is 11.1. The van der Waals surface area contributed by atoms with Gasteiger partial charge in [-0.05, 0) is 12.8 Å². The molecule has 0 aliphatic rings. The Morgan fingerprint density at radius 2 is 1.13 bits per heavy atom. The van der Waals surface area contributed by atoms with Gasteiger partial charge in [-0.25, -0.2) is 9.59 Å². The van der Waals surface area contributed by atoms with Crippen LogP contribution >= 0.6 is 0 Å². The van der Waals surface area contributed by atoms with Gasteiger partial charge >= 0.3 is 63.3 Å². The number of aliphatic carboxylic acids is 2. The van der Waals surface area contributed by atoms with Crippen molar-refractivity contribution in [2.24, 2.45) is 0 Å². The van der Waals surface area contributed by atoms with Gasteiger partial charge in [0.1, 0.15) is 0 Å². The van der Waals surface area contributed by atoms with Crippen molar-refractivity contribution < 1.29 is 19.8 Å². The maximum atomic E-state index is 10.8. The Kier molecular flexibility index (Phi) is 20.7. The molecule has 5 heteroatoms. The van der Waals surface area contributed by atoms with Crippen LogP contribution in [0.25, 0.3) is 0 Å². The first-order valence-corrected chi connectivity index (χ1v) is 8.74. The molecule has 0 saturated heterocycles. The van der Waals surface area contributed by atoms with E-state index in [4.69, 9.17) is 10.2 Å². The van der Waals surface area contributed by atoms with E-state index in [1.54, 1.807) is 0 Å². The summed E-state index contributed by atoms with van der Waals surface area (Å²) < 4.78 is 0. The zero-order chi connectivity index (χ0) is 16.6. The summed E-state index contributed by atoms with van der Waals surface area (Å²) in [6.45, 7) is 2.23. The van der Waals surface area contributed by atoms with Crippen LogP contribution in [0.2, 0.25) is 0 Å². The van der Waals surface area contributed by atoms with E-state index in [-0.39, 0.29) is 57.0 Å². The summed E-state index contributed by atoms with van der Waals surface area (Å²) in [4.78, 5) is 21.3. The molecule has 130 valence electrons. The Hall–Kier alpha value is 0.316. The fraction of sp³-hybridized carbons (Fsp3) is 0.778. The average molecular weight is 353 g/mol. The number of carboxylic acid groups (broad SMARTS) is 2. The molecule has 0 atom stereocenters. The Balaban J connectivity index is 0. The van der Waals surface area contributed by atoms with E-state index in [1.807, 2.05) is 0 Å². The fourth-order valence-electron chi connectivity index (χ4n) is 2.55. The van der Waals surface area contributed by atoms with Crippen molar-refractivity contribution in [3.63, 3.8) is 0 Å². The van der Waals surface area contributed by atoms with Crippen molar-refractivity contribution in [3.8, 4) is 0 Å². The number of rotatable bonds is 15. The molecule has 0 radical (unpaired) electrons. The zero-order valence-electron chi connectivity index (χ0n) is 14.0. The molecule has 0 saturated carbocycles. The number of carboxylic acids is 2. The minimum absolute atomic E-state index is 0. The monoisotopic (exact) mass is 352 g/mol. The molecule has 0 aliphatic carbocycles. The molecular weight excluding hydrogens is 319 g/mol. The van der Waals surface area contributed by atoms with Crippen molar-refractivity contribution in [1.82, 2.24) is 0 Å². The molecule has 0 bridgehead atoms. The Morgan fingerprint density at radius 1 is 0.739 bits per heavy atom. The van der Waals surface area contributed by atoms with E-state index >= 15 is 0 Å². The van der Waals surface area contributed by atoms with Crippen LogP contribution in [-0.2, 0) is 9.59 Å². The van der Waals surface area contributed by atoms with Crippen molar-refractivity contribution in [1.29, 1.82) is 0 Å². The molecule has 0 spiro atoms. The average Bonchev–Trinajstić information content (AvgIpc) is 2.46. The summed E-state index contributed by atoms with van der Waals surface area (Å²) in [6.07, 6.45) is 15.8. The Labute approximate surface area is 183 Å². The van der Waals surface area contributed by atoms with Gasteiger partial charge in [0.25, 0.3) is 0 Å². The van der Waals surface area contributed by atoms with Crippen LogP contribution in [0, 0.1) is 0 Å². The number of carbonyl (C=O) groups is 2. The summed E-state index contributed by atoms with van der Waals surface area (Å²) in [5.41, 5.74) is -0.000390. The van der Waals surface area contributed by atoms with E-state index in [1.165, 1.54) is 57.8 Å². The second kappa shape index (κ2) is 18.7. The van der Waals surface area contributed by atoms with Crippen LogP contribution in [0.15, 0.2) is 11.6 Å². The predicted octanol–water partition coefficient (Wildman–Crippen LogP) is 4.52. The van der Waals surface area contributed by atoms with E-state index in [0.29, 0.717) is 6.42 Å². The van der Waals surface area contributed by atoms with Gasteiger partial charge in [-0.2, -0.15) is 0 Å². The summed E-state index contributed by atoms with van der Waals surface area (Å²) in [7, 11) is 0. The van der Waals surface area contributed by atoms with Gasteiger partial charge in [0.15, 0.2) is 0 Å². The Morgan fingerprint density at radius 3 is 1.48 bits per heavy atom. The molecular formula is C18H33KO4. The summed E-state index contributed by atoms with van der Waals surface area (Å²) in [6, 6.07) is 0. The third-order valence-electron chi connectivity index (χ3n) is 3.87. The van der Waals surface area contributed by atoms with Gasteiger partial charge in [0.05, 0.1) is 0 Å². The summed E-state index contributed by atoms with van der Waals surface area (Å²) >= 11 is 0. The minimum atomic E-state index is -1.18. The molecule has 0 aliphatic heterocycles.